The summed E-state index contributed by atoms with van der Waals surface area (Å²) in [5.74, 6) is 0. The number of nitrogens with one attached hydrogen (secondary N) is 1. The van der Waals surface area contributed by atoms with Gasteiger partial charge in [-0.2, -0.15) is 0 Å². The second-order valence-electron chi connectivity index (χ2n) is 4.24. The van der Waals surface area contributed by atoms with E-state index in [4.69, 9.17) is 11.6 Å². The Morgan fingerprint density at radius 1 is 1.55 bits per heavy atom. The summed E-state index contributed by atoms with van der Waals surface area (Å²) in [6, 6.07) is 4.60. The minimum Gasteiger partial charge on any atom is -0.304 e. The number of hydrogen-bond acceptors (Lipinski definition) is 5. The van der Waals surface area contributed by atoms with Crippen molar-refractivity contribution in [2.45, 2.75) is 25.9 Å². The van der Waals surface area contributed by atoms with E-state index in [0.717, 1.165) is 17.0 Å². The third-order valence-electron chi connectivity index (χ3n) is 2.94. The molecular weight excluding hydrogens is 298 g/mol. The van der Waals surface area contributed by atoms with Gasteiger partial charge in [-0.15, -0.1) is 11.3 Å². The summed E-state index contributed by atoms with van der Waals surface area (Å²) < 4.78 is 0. The number of thiazole rings is 1. The van der Waals surface area contributed by atoms with Gasteiger partial charge in [-0.05, 0) is 18.1 Å². The minimum absolute atomic E-state index is 0.0495. The first-order valence-corrected chi connectivity index (χ1v) is 7.43. The summed E-state index contributed by atoms with van der Waals surface area (Å²) in [5, 5.41) is 17.6. The van der Waals surface area contributed by atoms with Crippen LogP contribution in [-0.2, 0) is 6.54 Å². The van der Waals surface area contributed by atoms with Crippen molar-refractivity contribution >= 4 is 28.6 Å². The van der Waals surface area contributed by atoms with Gasteiger partial charge in [-0.1, -0.05) is 18.5 Å². The van der Waals surface area contributed by atoms with Gasteiger partial charge in [0.1, 0.15) is 5.01 Å². The summed E-state index contributed by atoms with van der Waals surface area (Å²) in [6.45, 7) is 2.53. The second kappa shape index (κ2) is 6.78. The molecule has 0 saturated carbocycles. The molecule has 0 aliphatic rings. The Morgan fingerprint density at radius 3 is 2.95 bits per heavy atom. The fourth-order valence-corrected chi connectivity index (χ4v) is 2.84. The lowest BCUT2D eigenvalue weighted by Gasteiger charge is -2.15. The molecule has 7 heteroatoms. The van der Waals surface area contributed by atoms with E-state index in [1.165, 1.54) is 12.1 Å². The summed E-state index contributed by atoms with van der Waals surface area (Å²) in [6.07, 6.45) is 2.66. The van der Waals surface area contributed by atoms with Crippen LogP contribution < -0.4 is 5.32 Å². The smallest absolute Gasteiger partial charge is 0.269 e. The molecule has 0 aliphatic carbocycles. The molecular formula is C13H14ClN3O2S. The van der Waals surface area contributed by atoms with Gasteiger partial charge in [-0.3, -0.25) is 10.1 Å². The molecule has 0 aliphatic heterocycles. The molecule has 1 heterocycles. The molecule has 2 aromatic rings. The SMILES string of the molecule is CCC(NCc1cc([N+](=O)[O-])ccc1Cl)c1nccs1. The highest BCUT2D eigenvalue weighted by Crippen LogP contribution is 2.24. The van der Waals surface area contributed by atoms with Crippen LogP contribution in [0.25, 0.3) is 0 Å². The molecule has 0 saturated heterocycles. The Hall–Kier alpha value is -1.50. The lowest BCUT2D eigenvalue weighted by molar-refractivity contribution is -0.384. The van der Waals surface area contributed by atoms with E-state index in [0.29, 0.717) is 11.6 Å². The molecule has 1 aromatic carbocycles. The number of aromatic nitrogens is 1. The standard InChI is InChI=1S/C13H14ClN3O2S/c1-2-12(13-15-5-6-20-13)16-8-9-7-10(17(18)19)3-4-11(9)14/h3-7,12,16H,2,8H2,1H3. The van der Waals surface area contributed by atoms with Crippen LogP contribution in [0.5, 0.6) is 0 Å². The normalized spacial score (nSPS) is 12.3. The molecule has 20 heavy (non-hydrogen) atoms. The van der Waals surface area contributed by atoms with Crippen LogP contribution in [0.15, 0.2) is 29.8 Å². The minimum atomic E-state index is -0.419. The molecule has 1 N–H and O–H groups in total. The Balaban J connectivity index is 2.10. The van der Waals surface area contributed by atoms with Crippen LogP contribution in [-0.4, -0.2) is 9.91 Å². The Labute approximate surface area is 125 Å². The van der Waals surface area contributed by atoms with E-state index in [9.17, 15) is 10.1 Å². The zero-order valence-corrected chi connectivity index (χ0v) is 12.4. The highest BCUT2D eigenvalue weighted by molar-refractivity contribution is 7.09. The largest absolute Gasteiger partial charge is 0.304 e. The maximum Gasteiger partial charge on any atom is 0.269 e. The van der Waals surface area contributed by atoms with Crippen molar-refractivity contribution in [3.8, 4) is 0 Å². The summed E-state index contributed by atoms with van der Waals surface area (Å²) >= 11 is 7.66. The first-order valence-electron chi connectivity index (χ1n) is 6.17. The number of non-ortho nitro benzene ring substituents is 1. The van der Waals surface area contributed by atoms with Crippen molar-refractivity contribution in [3.63, 3.8) is 0 Å². The first kappa shape index (κ1) is 14.9. The molecule has 1 atom stereocenters. The number of nitro groups is 1. The van der Waals surface area contributed by atoms with Gasteiger partial charge in [0.2, 0.25) is 0 Å². The maximum absolute atomic E-state index is 10.8. The number of nitro benzene ring substituents is 1. The van der Waals surface area contributed by atoms with E-state index < -0.39 is 4.92 Å². The predicted molar refractivity (Wildman–Crippen MR) is 80.1 cm³/mol. The first-order chi connectivity index (χ1) is 9.61. The molecule has 1 aromatic heterocycles. The topological polar surface area (TPSA) is 68.1 Å². The van der Waals surface area contributed by atoms with E-state index >= 15 is 0 Å². The predicted octanol–water partition coefficient (Wildman–Crippen LogP) is 3.95. The van der Waals surface area contributed by atoms with Gasteiger partial charge >= 0.3 is 0 Å². The van der Waals surface area contributed by atoms with Crippen LogP contribution in [0.3, 0.4) is 0 Å². The summed E-state index contributed by atoms with van der Waals surface area (Å²) in [7, 11) is 0. The Morgan fingerprint density at radius 2 is 2.35 bits per heavy atom. The van der Waals surface area contributed by atoms with Crippen molar-refractivity contribution in [2.75, 3.05) is 0 Å². The zero-order valence-electron chi connectivity index (χ0n) is 10.9. The lowest BCUT2D eigenvalue weighted by atomic mass is 10.1. The van der Waals surface area contributed by atoms with E-state index in [2.05, 4.69) is 17.2 Å². The van der Waals surface area contributed by atoms with Gasteiger partial charge in [0, 0.05) is 35.3 Å². The maximum atomic E-state index is 10.8. The fraction of sp³-hybridized carbons (Fsp3) is 0.308. The van der Waals surface area contributed by atoms with Crippen LogP contribution in [0, 0.1) is 10.1 Å². The number of rotatable bonds is 6. The third kappa shape index (κ3) is 3.53. The molecule has 0 fully saturated rings. The quantitative estimate of drug-likeness (QED) is 0.648. The molecule has 106 valence electrons. The van der Waals surface area contributed by atoms with Crippen molar-refractivity contribution in [1.29, 1.82) is 0 Å². The fourth-order valence-electron chi connectivity index (χ4n) is 1.86. The van der Waals surface area contributed by atoms with Crippen molar-refractivity contribution in [3.05, 3.63) is 55.5 Å². The number of nitrogens with zero attached hydrogens (tertiary/aromatic N) is 2. The molecule has 5 nitrogen and oxygen atoms in total. The van der Waals surface area contributed by atoms with Crippen LogP contribution in [0.4, 0.5) is 5.69 Å². The van der Waals surface area contributed by atoms with Crippen LogP contribution in [0.1, 0.15) is 30.0 Å². The second-order valence-corrected chi connectivity index (χ2v) is 5.58. The van der Waals surface area contributed by atoms with Crippen molar-refractivity contribution in [2.24, 2.45) is 0 Å². The molecule has 1 unspecified atom stereocenters. The number of halogens is 1. The van der Waals surface area contributed by atoms with Gasteiger partial charge < -0.3 is 5.32 Å². The Kier molecular flexibility index (Phi) is 5.05. The summed E-state index contributed by atoms with van der Waals surface area (Å²) in [5.41, 5.74) is 0.768. The highest BCUT2D eigenvalue weighted by Gasteiger charge is 2.14. The molecule has 0 spiro atoms. The average Bonchev–Trinajstić information content (AvgIpc) is 2.95. The van der Waals surface area contributed by atoms with E-state index in [-0.39, 0.29) is 11.7 Å². The third-order valence-corrected chi connectivity index (χ3v) is 4.19. The van der Waals surface area contributed by atoms with Crippen LogP contribution in [0.2, 0.25) is 5.02 Å². The zero-order chi connectivity index (χ0) is 14.5. The van der Waals surface area contributed by atoms with Crippen molar-refractivity contribution in [1.82, 2.24) is 10.3 Å². The Bertz CT molecular complexity index is 589. The van der Waals surface area contributed by atoms with E-state index in [1.807, 2.05) is 5.38 Å². The number of hydrogen-bond donors (Lipinski definition) is 1. The van der Waals surface area contributed by atoms with E-state index in [1.54, 1.807) is 23.6 Å². The molecule has 0 radical (unpaired) electrons. The highest BCUT2D eigenvalue weighted by atomic mass is 35.5. The van der Waals surface area contributed by atoms with Gasteiger partial charge in [0.15, 0.2) is 0 Å². The average molecular weight is 312 g/mol. The van der Waals surface area contributed by atoms with Crippen LogP contribution >= 0.6 is 22.9 Å². The monoisotopic (exact) mass is 311 g/mol. The van der Waals surface area contributed by atoms with Gasteiger partial charge in [0.25, 0.3) is 5.69 Å². The summed E-state index contributed by atoms with van der Waals surface area (Å²) in [4.78, 5) is 14.6. The van der Waals surface area contributed by atoms with Gasteiger partial charge in [-0.25, -0.2) is 4.98 Å². The molecule has 2 rings (SSSR count). The van der Waals surface area contributed by atoms with Crippen molar-refractivity contribution < 1.29 is 4.92 Å². The number of benzene rings is 1. The lowest BCUT2D eigenvalue weighted by Crippen LogP contribution is -2.20. The molecule has 0 bridgehead atoms. The molecule has 0 amide bonds. The van der Waals surface area contributed by atoms with Gasteiger partial charge in [0.05, 0.1) is 11.0 Å².